The highest BCUT2D eigenvalue weighted by Gasteiger charge is 2.15. The summed E-state index contributed by atoms with van der Waals surface area (Å²) in [6.07, 6.45) is 1.01. The molecule has 0 amide bonds. The Labute approximate surface area is 130 Å². The van der Waals surface area contributed by atoms with Crippen molar-refractivity contribution in [3.63, 3.8) is 0 Å². The second-order valence-corrected chi connectivity index (χ2v) is 6.17. The smallest absolute Gasteiger partial charge is 0.0366 e. The number of rotatable bonds is 5. The van der Waals surface area contributed by atoms with Crippen molar-refractivity contribution in [2.24, 2.45) is 0 Å². The maximum absolute atomic E-state index is 3.63. The normalized spacial score (nSPS) is 12.4. The molecule has 0 fully saturated rings. The summed E-state index contributed by atoms with van der Waals surface area (Å²) in [6, 6.07) is 15.5. The standard InChI is InChI=1S/C18H22BrN/c1-4-20-17(12-15-9-6-10-16(19)11-15)18-13(2)7-5-8-14(18)3/h5-11,17,20H,4,12H2,1-3H3. The molecule has 1 nitrogen and oxygen atoms in total. The van der Waals surface area contributed by atoms with Gasteiger partial charge >= 0.3 is 0 Å². The number of aryl methyl sites for hydroxylation is 2. The fraction of sp³-hybridized carbons (Fsp3) is 0.333. The first-order valence-corrected chi connectivity index (χ1v) is 7.95. The van der Waals surface area contributed by atoms with E-state index in [1.165, 1.54) is 22.3 Å². The number of nitrogens with one attached hydrogen (secondary N) is 1. The molecule has 0 saturated heterocycles. The van der Waals surface area contributed by atoms with E-state index >= 15 is 0 Å². The summed E-state index contributed by atoms with van der Waals surface area (Å²) in [7, 11) is 0. The average Bonchev–Trinajstić information content (AvgIpc) is 2.38. The highest BCUT2D eigenvalue weighted by atomic mass is 79.9. The zero-order valence-electron chi connectivity index (χ0n) is 12.4. The van der Waals surface area contributed by atoms with Gasteiger partial charge in [-0.25, -0.2) is 0 Å². The minimum absolute atomic E-state index is 0.371. The quantitative estimate of drug-likeness (QED) is 0.816. The van der Waals surface area contributed by atoms with Crippen molar-refractivity contribution in [3.8, 4) is 0 Å². The van der Waals surface area contributed by atoms with E-state index in [1.54, 1.807) is 0 Å². The zero-order chi connectivity index (χ0) is 14.5. The van der Waals surface area contributed by atoms with Crippen LogP contribution in [0.15, 0.2) is 46.9 Å². The van der Waals surface area contributed by atoms with Gasteiger partial charge in [-0.3, -0.25) is 0 Å². The largest absolute Gasteiger partial charge is 0.310 e. The van der Waals surface area contributed by atoms with Gasteiger partial charge in [-0.05, 0) is 61.2 Å². The third-order valence-electron chi connectivity index (χ3n) is 3.67. The predicted octanol–water partition coefficient (Wildman–Crippen LogP) is 4.96. The van der Waals surface area contributed by atoms with Crippen molar-refractivity contribution < 1.29 is 0 Å². The van der Waals surface area contributed by atoms with Gasteiger partial charge in [0, 0.05) is 10.5 Å². The van der Waals surface area contributed by atoms with Gasteiger partial charge in [0.2, 0.25) is 0 Å². The third kappa shape index (κ3) is 3.71. The topological polar surface area (TPSA) is 12.0 Å². The minimum atomic E-state index is 0.371. The first-order chi connectivity index (χ1) is 9.61. The summed E-state index contributed by atoms with van der Waals surface area (Å²) in [5.74, 6) is 0. The van der Waals surface area contributed by atoms with Crippen LogP contribution in [0, 0.1) is 13.8 Å². The number of likely N-dealkylation sites (N-methyl/N-ethyl adjacent to an activating group) is 1. The molecule has 106 valence electrons. The molecule has 1 N–H and O–H groups in total. The van der Waals surface area contributed by atoms with Gasteiger partial charge in [-0.1, -0.05) is 53.2 Å². The Bertz CT molecular complexity index is 557. The van der Waals surface area contributed by atoms with Gasteiger partial charge in [0.15, 0.2) is 0 Å². The molecule has 0 aliphatic carbocycles. The summed E-state index contributed by atoms with van der Waals surface area (Å²) >= 11 is 3.56. The van der Waals surface area contributed by atoms with Crippen LogP contribution in [-0.4, -0.2) is 6.54 Å². The monoisotopic (exact) mass is 331 g/mol. The van der Waals surface area contributed by atoms with E-state index in [2.05, 4.69) is 84.5 Å². The molecule has 0 aliphatic heterocycles. The van der Waals surface area contributed by atoms with Gasteiger partial charge < -0.3 is 5.32 Å². The van der Waals surface area contributed by atoms with Gasteiger partial charge in [-0.2, -0.15) is 0 Å². The molecule has 20 heavy (non-hydrogen) atoms. The van der Waals surface area contributed by atoms with E-state index in [9.17, 15) is 0 Å². The fourth-order valence-corrected chi connectivity index (χ4v) is 3.25. The molecule has 1 atom stereocenters. The Balaban J connectivity index is 2.32. The van der Waals surface area contributed by atoms with Crippen LogP contribution in [0.2, 0.25) is 0 Å². The van der Waals surface area contributed by atoms with Gasteiger partial charge in [0.05, 0.1) is 0 Å². The summed E-state index contributed by atoms with van der Waals surface area (Å²) in [5, 5.41) is 3.63. The number of hydrogen-bond donors (Lipinski definition) is 1. The SMILES string of the molecule is CCNC(Cc1cccc(Br)c1)c1c(C)cccc1C. The lowest BCUT2D eigenvalue weighted by Crippen LogP contribution is -2.24. The lowest BCUT2D eigenvalue weighted by molar-refractivity contribution is 0.545. The predicted molar refractivity (Wildman–Crippen MR) is 90.2 cm³/mol. The van der Waals surface area contributed by atoms with Crippen molar-refractivity contribution >= 4 is 15.9 Å². The molecule has 0 aromatic heterocycles. The van der Waals surface area contributed by atoms with Crippen molar-refractivity contribution in [2.75, 3.05) is 6.54 Å². The van der Waals surface area contributed by atoms with Crippen molar-refractivity contribution in [1.82, 2.24) is 5.32 Å². The Morgan fingerprint density at radius 3 is 2.30 bits per heavy atom. The number of hydrogen-bond acceptors (Lipinski definition) is 1. The summed E-state index contributed by atoms with van der Waals surface area (Å²) in [5.41, 5.74) is 5.53. The fourth-order valence-electron chi connectivity index (χ4n) is 2.80. The summed E-state index contributed by atoms with van der Waals surface area (Å²) < 4.78 is 1.15. The number of halogens is 1. The van der Waals surface area contributed by atoms with Crippen LogP contribution in [0.4, 0.5) is 0 Å². The molecule has 0 aliphatic rings. The Morgan fingerprint density at radius 2 is 1.70 bits per heavy atom. The Hall–Kier alpha value is -1.12. The molecule has 2 aromatic carbocycles. The highest BCUT2D eigenvalue weighted by molar-refractivity contribution is 9.10. The first-order valence-electron chi connectivity index (χ1n) is 7.15. The molecule has 0 spiro atoms. The number of benzene rings is 2. The zero-order valence-corrected chi connectivity index (χ0v) is 14.0. The first kappa shape index (κ1) is 15.3. The van der Waals surface area contributed by atoms with E-state index < -0.39 is 0 Å². The minimum Gasteiger partial charge on any atom is -0.310 e. The van der Waals surface area contributed by atoms with Crippen molar-refractivity contribution in [3.05, 3.63) is 69.2 Å². The molecular formula is C18H22BrN. The van der Waals surface area contributed by atoms with E-state index in [4.69, 9.17) is 0 Å². The Kier molecular flexibility index (Phi) is 5.38. The Morgan fingerprint density at radius 1 is 1.05 bits per heavy atom. The van der Waals surface area contributed by atoms with Gasteiger partial charge in [0.25, 0.3) is 0 Å². The lowest BCUT2D eigenvalue weighted by atomic mass is 9.92. The summed E-state index contributed by atoms with van der Waals surface area (Å²) in [4.78, 5) is 0. The molecule has 2 aromatic rings. The van der Waals surface area contributed by atoms with E-state index in [-0.39, 0.29) is 0 Å². The highest BCUT2D eigenvalue weighted by Crippen LogP contribution is 2.26. The van der Waals surface area contributed by atoms with Crippen LogP contribution in [0.5, 0.6) is 0 Å². The van der Waals surface area contributed by atoms with Crippen LogP contribution in [0.3, 0.4) is 0 Å². The van der Waals surface area contributed by atoms with Gasteiger partial charge in [-0.15, -0.1) is 0 Å². The maximum atomic E-state index is 3.63. The molecule has 0 radical (unpaired) electrons. The molecule has 2 heteroatoms. The molecule has 0 heterocycles. The maximum Gasteiger partial charge on any atom is 0.0366 e. The van der Waals surface area contributed by atoms with Crippen LogP contribution in [0.25, 0.3) is 0 Å². The van der Waals surface area contributed by atoms with Gasteiger partial charge in [0.1, 0.15) is 0 Å². The third-order valence-corrected chi connectivity index (χ3v) is 4.16. The van der Waals surface area contributed by atoms with E-state index in [1.807, 2.05) is 0 Å². The van der Waals surface area contributed by atoms with E-state index in [0.29, 0.717) is 6.04 Å². The lowest BCUT2D eigenvalue weighted by Gasteiger charge is -2.23. The summed E-state index contributed by atoms with van der Waals surface area (Å²) in [6.45, 7) is 7.55. The van der Waals surface area contributed by atoms with Crippen LogP contribution in [-0.2, 0) is 6.42 Å². The molecule has 2 rings (SSSR count). The van der Waals surface area contributed by atoms with Crippen molar-refractivity contribution in [1.29, 1.82) is 0 Å². The second kappa shape index (κ2) is 7.05. The second-order valence-electron chi connectivity index (χ2n) is 5.25. The van der Waals surface area contributed by atoms with Crippen molar-refractivity contribution in [2.45, 2.75) is 33.2 Å². The van der Waals surface area contributed by atoms with Crippen LogP contribution < -0.4 is 5.32 Å². The average molecular weight is 332 g/mol. The molecule has 0 saturated carbocycles. The van der Waals surface area contributed by atoms with Crippen LogP contribution >= 0.6 is 15.9 Å². The van der Waals surface area contributed by atoms with Crippen LogP contribution in [0.1, 0.15) is 35.2 Å². The van der Waals surface area contributed by atoms with E-state index in [0.717, 1.165) is 17.4 Å². The molecular weight excluding hydrogens is 310 g/mol. The molecule has 0 bridgehead atoms. The molecule has 1 unspecified atom stereocenters.